The molecule has 8 nitrogen and oxygen atoms in total. The second-order valence-electron chi connectivity index (χ2n) is 8.56. The SMILES string of the molecule is N#C[C@H]1CN(C(=O)[C@@H]2CC[C@@H]3CCS(O)(O)C[C@H](N)C(=O)N32)C[C@@H]1c1ccccc1. The highest BCUT2D eigenvalue weighted by Crippen LogP contribution is 2.44. The molecule has 4 N–H and O–H groups in total. The Kier molecular flexibility index (Phi) is 5.77. The lowest BCUT2D eigenvalue weighted by Gasteiger charge is -2.41. The maximum atomic E-state index is 13.4. The van der Waals surface area contributed by atoms with Crippen LogP contribution in [-0.2, 0) is 9.59 Å². The number of rotatable bonds is 2. The summed E-state index contributed by atoms with van der Waals surface area (Å²) in [5, 5.41) is 9.63. The van der Waals surface area contributed by atoms with Crippen LogP contribution in [0.15, 0.2) is 30.3 Å². The number of carbonyl (C=O) groups excluding carboxylic acids is 2. The van der Waals surface area contributed by atoms with Crippen molar-refractivity contribution in [2.45, 2.75) is 43.3 Å². The van der Waals surface area contributed by atoms with Gasteiger partial charge in [-0.25, -0.2) is 0 Å². The number of nitrogens with two attached hydrogens (primary N) is 1. The van der Waals surface area contributed by atoms with E-state index in [1.807, 2.05) is 30.3 Å². The minimum Gasteiger partial charge on any atom is -0.339 e. The fourth-order valence-electron chi connectivity index (χ4n) is 5.06. The largest absolute Gasteiger partial charge is 0.339 e. The summed E-state index contributed by atoms with van der Waals surface area (Å²) in [6, 6.07) is 10.3. The van der Waals surface area contributed by atoms with Gasteiger partial charge in [0.2, 0.25) is 11.8 Å². The lowest BCUT2D eigenvalue weighted by atomic mass is 9.90. The van der Waals surface area contributed by atoms with E-state index in [1.54, 1.807) is 9.80 Å². The quantitative estimate of drug-likeness (QED) is 0.650. The number of carbonyl (C=O) groups is 2. The molecule has 3 fully saturated rings. The number of nitriles is 1. The van der Waals surface area contributed by atoms with Crippen LogP contribution in [0.25, 0.3) is 0 Å². The van der Waals surface area contributed by atoms with Crippen LogP contribution in [0.5, 0.6) is 0 Å². The van der Waals surface area contributed by atoms with E-state index in [0.717, 1.165) is 5.56 Å². The molecule has 0 spiro atoms. The minimum atomic E-state index is -2.87. The van der Waals surface area contributed by atoms with Gasteiger partial charge >= 0.3 is 0 Å². The van der Waals surface area contributed by atoms with Gasteiger partial charge in [-0.05, 0) is 24.8 Å². The molecule has 1 aromatic carbocycles. The first-order chi connectivity index (χ1) is 14.3. The van der Waals surface area contributed by atoms with Crippen molar-refractivity contribution in [3.05, 3.63) is 35.9 Å². The van der Waals surface area contributed by atoms with E-state index in [0.29, 0.717) is 32.4 Å². The summed E-state index contributed by atoms with van der Waals surface area (Å²) < 4.78 is 20.2. The zero-order valence-corrected chi connectivity index (χ0v) is 17.6. The first-order valence-corrected chi connectivity index (χ1v) is 12.2. The Bertz CT molecular complexity index is 858. The Morgan fingerprint density at radius 3 is 2.60 bits per heavy atom. The van der Waals surface area contributed by atoms with Crippen LogP contribution in [0, 0.1) is 17.2 Å². The van der Waals surface area contributed by atoms with Crippen molar-refractivity contribution in [3.8, 4) is 6.07 Å². The third-order valence-electron chi connectivity index (χ3n) is 6.61. The van der Waals surface area contributed by atoms with Crippen molar-refractivity contribution < 1.29 is 18.7 Å². The number of hydrogen-bond acceptors (Lipinski definition) is 6. The summed E-state index contributed by atoms with van der Waals surface area (Å²) in [4.78, 5) is 29.7. The third-order valence-corrected chi connectivity index (χ3v) is 8.39. The van der Waals surface area contributed by atoms with Gasteiger partial charge in [0.25, 0.3) is 0 Å². The normalized spacial score (nSPS) is 34.6. The van der Waals surface area contributed by atoms with Crippen LogP contribution in [0.1, 0.15) is 30.7 Å². The molecule has 0 aromatic heterocycles. The Labute approximate surface area is 178 Å². The summed E-state index contributed by atoms with van der Waals surface area (Å²) in [5.74, 6) is -0.809. The van der Waals surface area contributed by atoms with E-state index >= 15 is 0 Å². The maximum Gasteiger partial charge on any atom is 0.245 e. The minimum absolute atomic E-state index is 0.0457. The van der Waals surface area contributed by atoms with Gasteiger partial charge in [-0.2, -0.15) is 15.9 Å². The highest BCUT2D eigenvalue weighted by atomic mass is 32.3. The molecule has 162 valence electrons. The molecule has 4 rings (SSSR count). The van der Waals surface area contributed by atoms with E-state index in [9.17, 15) is 24.0 Å². The van der Waals surface area contributed by atoms with Crippen molar-refractivity contribution in [3.63, 3.8) is 0 Å². The summed E-state index contributed by atoms with van der Waals surface area (Å²) in [7, 11) is -2.87. The van der Waals surface area contributed by atoms with Crippen molar-refractivity contribution in [2.24, 2.45) is 11.7 Å². The molecular weight excluding hydrogens is 404 g/mol. The topological polar surface area (TPSA) is 131 Å². The first-order valence-electron chi connectivity index (χ1n) is 10.4. The summed E-state index contributed by atoms with van der Waals surface area (Å²) in [5.41, 5.74) is 7.02. The lowest BCUT2D eigenvalue weighted by Crippen LogP contribution is -2.56. The summed E-state index contributed by atoms with van der Waals surface area (Å²) in [6.45, 7) is 0.807. The van der Waals surface area contributed by atoms with Crippen molar-refractivity contribution >= 4 is 22.4 Å². The molecule has 3 heterocycles. The summed E-state index contributed by atoms with van der Waals surface area (Å²) >= 11 is 0. The van der Waals surface area contributed by atoms with Gasteiger partial charge in [0, 0.05) is 30.8 Å². The summed E-state index contributed by atoms with van der Waals surface area (Å²) in [6.07, 6.45) is 1.63. The van der Waals surface area contributed by atoms with E-state index < -0.39 is 22.7 Å². The second-order valence-corrected chi connectivity index (χ2v) is 10.9. The van der Waals surface area contributed by atoms with Gasteiger partial charge in [0.1, 0.15) is 12.1 Å². The number of nitrogens with zero attached hydrogens (tertiary/aromatic N) is 3. The molecule has 0 aliphatic carbocycles. The molecule has 5 atom stereocenters. The number of benzene rings is 1. The van der Waals surface area contributed by atoms with Gasteiger partial charge in [-0.15, -0.1) is 0 Å². The fourth-order valence-corrected chi connectivity index (χ4v) is 6.60. The average Bonchev–Trinajstić information content (AvgIpc) is 3.35. The van der Waals surface area contributed by atoms with E-state index in [1.165, 1.54) is 0 Å². The van der Waals surface area contributed by atoms with Gasteiger partial charge in [0.05, 0.1) is 17.7 Å². The molecule has 2 amide bonds. The molecule has 0 unspecified atom stereocenters. The van der Waals surface area contributed by atoms with Crippen LogP contribution < -0.4 is 5.73 Å². The van der Waals surface area contributed by atoms with Gasteiger partial charge in [-0.1, -0.05) is 30.3 Å². The highest BCUT2D eigenvalue weighted by molar-refractivity contribution is 8.24. The van der Waals surface area contributed by atoms with Crippen molar-refractivity contribution in [1.82, 2.24) is 9.80 Å². The molecule has 3 saturated heterocycles. The van der Waals surface area contributed by atoms with Crippen LogP contribution in [-0.4, -0.2) is 73.4 Å². The molecule has 9 heteroatoms. The standard InChI is InChI=1S/C21H28N4O4S/c22-10-15-11-24(12-17(15)14-4-2-1-3-5-14)21(27)19-7-6-16-8-9-30(28,29)13-18(23)20(26)25(16)19/h1-5,15-19,28-29H,6-9,11-13,23H2/t15-,16+,17+,18-,19-/m0/s1. The Morgan fingerprint density at radius 1 is 1.17 bits per heavy atom. The first kappa shape index (κ1) is 21.1. The molecular formula is C21H28N4O4S. The molecule has 0 saturated carbocycles. The number of fused-ring (bicyclic) bond motifs is 1. The average molecular weight is 433 g/mol. The molecule has 0 radical (unpaired) electrons. The van der Waals surface area contributed by atoms with Crippen LogP contribution in [0.3, 0.4) is 0 Å². The number of hydrogen-bond donors (Lipinski definition) is 3. The number of likely N-dealkylation sites (tertiary alicyclic amines) is 1. The molecule has 30 heavy (non-hydrogen) atoms. The van der Waals surface area contributed by atoms with Crippen LogP contribution in [0.4, 0.5) is 0 Å². The lowest BCUT2D eigenvalue weighted by molar-refractivity contribution is -0.145. The smallest absolute Gasteiger partial charge is 0.245 e. The van der Waals surface area contributed by atoms with E-state index in [2.05, 4.69) is 6.07 Å². The van der Waals surface area contributed by atoms with Crippen molar-refractivity contribution in [1.29, 1.82) is 5.26 Å². The second kappa shape index (κ2) is 8.19. The predicted molar refractivity (Wildman–Crippen MR) is 114 cm³/mol. The van der Waals surface area contributed by atoms with Gasteiger partial charge < -0.3 is 15.5 Å². The zero-order chi connectivity index (χ0) is 21.5. The Hall–Kier alpha value is -2.12. The van der Waals surface area contributed by atoms with Gasteiger partial charge in [-0.3, -0.25) is 18.7 Å². The fraction of sp³-hybridized carbons (Fsp3) is 0.571. The van der Waals surface area contributed by atoms with E-state index in [4.69, 9.17) is 5.73 Å². The maximum absolute atomic E-state index is 13.4. The molecule has 1 aromatic rings. The Morgan fingerprint density at radius 2 is 1.90 bits per heavy atom. The molecule has 3 aliphatic rings. The highest BCUT2D eigenvalue weighted by Gasteiger charge is 2.47. The van der Waals surface area contributed by atoms with Crippen LogP contribution >= 0.6 is 10.6 Å². The Balaban J connectivity index is 1.52. The van der Waals surface area contributed by atoms with Gasteiger partial charge in [0.15, 0.2) is 0 Å². The zero-order valence-electron chi connectivity index (χ0n) is 16.8. The van der Waals surface area contributed by atoms with Crippen LogP contribution in [0.2, 0.25) is 0 Å². The number of amides is 2. The predicted octanol–water partition coefficient (Wildman–Crippen LogP) is 1.59. The monoisotopic (exact) mass is 432 g/mol. The van der Waals surface area contributed by atoms with Crippen molar-refractivity contribution in [2.75, 3.05) is 24.6 Å². The third kappa shape index (κ3) is 3.93. The molecule has 0 bridgehead atoms. The molecule has 3 aliphatic heterocycles. The van der Waals surface area contributed by atoms with E-state index in [-0.39, 0.29) is 41.2 Å².